The highest BCUT2D eigenvalue weighted by molar-refractivity contribution is 5.07. The zero-order chi connectivity index (χ0) is 11.7. The normalized spacial score (nSPS) is 36.5. The standard InChI is InChI=1S/C15H27NO/c16-13-11-14(15(13)8-2-1-3-9-15)17-10-7-12-5-4-6-12/h12-14H,1-11,16H2. The van der Waals surface area contributed by atoms with Gasteiger partial charge in [-0.25, -0.2) is 0 Å². The van der Waals surface area contributed by atoms with Crippen LogP contribution in [0.3, 0.4) is 0 Å². The molecule has 0 bridgehead atoms. The van der Waals surface area contributed by atoms with Crippen molar-refractivity contribution in [2.24, 2.45) is 17.1 Å². The molecule has 0 saturated heterocycles. The first-order chi connectivity index (χ1) is 8.31. The lowest BCUT2D eigenvalue weighted by atomic mass is 9.55. The van der Waals surface area contributed by atoms with Gasteiger partial charge in [0.2, 0.25) is 0 Å². The van der Waals surface area contributed by atoms with E-state index in [1.807, 2.05) is 0 Å². The van der Waals surface area contributed by atoms with Crippen molar-refractivity contribution in [2.45, 2.75) is 76.4 Å². The second kappa shape index (κ2) is 4.89. The van der Waals surface area contributed by atoms with Gasteiger partial charge in [-0.3, -0.25) is 0 Å². The largest absolute Gasteiger partial charge is 0.378 e. The molecule has 0 aromatic heterocycles. The molecular formula is C15H27NO. The number of rotatable bonds is 4. The Balaban J connectivity index is 1.46. The van der Waals surface area contributed by atoms with Crippen molar-refractivity contribution in [1.82, 2.24) is 0 Å². The maximum absolute atomic E-state index is 6.27. The van der Waals surface area contributed by atoms with Crippen LogP contribution in [0, 0.1) is 11.3 Å². The number of nitrogens with two attached hydrogens (primary N) is 1. The fraction of sp³-hybridized carbons (Fsp3) is 1.00. The van der Waals surface area contributed by atoms with Crippen LogP contribution in [-0.4, -0.2) is 18.8 Å². The van der Waals surface area contributed by atoms with Gasteiger partial charge in [-0.1, -0.05) is 38.5 Å². The molecule has 17 heavy (non-hydrogen) atoms. The SMILES string of the molecule is NC1CC(OCCC2CCC2)C12CCCCC2. The lowest BCUT2D eigenvalue weighted by Crippen LogP contribution is -2.63. The number of hydrogen-bond acceptors (Lipinski definition) is 2. The Hall–Kier alpha value is -0.0800. The molecule has 98 valence electrons. The molecule has 0 aliphatic heterocycles. The summed E-state index contributed by atoms with van der Waals surface area (Å²) >= 11 is 0. The molecule has 0 aromatic rings. The molecule has 2 unspecified atom stereocenters. The van der Waals surface area contributed by atoms with Gasteiger partial charge in [-0.05, 0) is 31.6 Å². The van der Waals surface area contributed by atoms with E-state index < -0.39 is 0 Å². The third-order valence-electron chi connectivity index (χ3n) is 5.70. The molecule has 2 nitrogen and oxygen atoms in total. The van der Waals surface area contributed by atoms with E-state index in [2.05, 4.69) is 0 Å². The van der Waals surface area contributed by atoms with Gasteiger partial charge in [0.1, 0.15) is 0 Å². The Morgan fingerprint density at radius 1 is 1.06 bits per heavy atom. The molecule has 3 fully saturated rings. The fourth-order valence-electron chi connectivity index (χ4n) is 4.07. The van der Waals surface area contributed by atoms with Crippen LogP contribution in [-0.2, 0) is 4.74 Å². The van der Waals surface area contributed by atoms with Crippen LogP contribution in [0.2, 0.25) is 0 Å². The monoisotopic (exact) mass is 237 g/mol. The van der Waals surface area contributed by atoms with Gasteiger partial charge >= 0.3 is 0 Å². The molecule has 3 rings (SSSR count). The van der Waals surface area contributed by atoms with E-state index in [1.54, 1.807) is 0 Å². The first kappa shape index (κ1) is 12.0. The van der Waals surface area contributed by atoms with Crippen molar-refractivity contribution in [3.8, 4) is 0 Å². The molecule has 0 radical (unpaired) electrons. The van der Waals surface area contributed by atoms with E-state index >= 15 is 0 Å². The van der Waals surface area contributed by atoms with Crippen molar-refractivity contribution < 1.29 is 4.74 Å². The molecule has 1 spiro atoms. The summed E-state index contributed by atoms with van der Waals surface area (Å²) in [7, 11) is 0. The maximum Gasteiger partial charge on any atom is 0.0661 e. The number of hydrogen-bond donors (Lipinski definition) is 1. The van der Waals surface area contributed by atoms with Gasteiger partial charge in [0, 0.05) is 18.1 Å². The van der Waals surface area contributed by atoms with Crippen molar-refractivity contribution in [3.63, 3.8) is 0 Å². The molecular weight excluding hydrogens is 210 g/mol. The Labute approximate surface area is 105 Å². The summed E-state index contributed by atoms with van der Waals surface area (Å²) in [4.78, 5) is 0. The Morgan fingerprint density at radius 2 is 1.82 bits per heavy atom. The van der Waals surface area contributed by atoms with Gasteiger partial charge in [0.25, 0.3) is 0 Å². The lowest BCUT2D eigenvalue weighted by Gasteiger charge is -2.56. The van der Waals surface area contributed by atoms with E-state index in [0.717, 1.165) is 18.9 Å². The Kier molecular flexibility index (Phi) is 3.45. The molecule has 0 aromatic carbocycles. The second-order valence-electron chi connectivity index (χ2n) is 6.58. The summed E-state index contributed by atoms with van der Waals surface area (Å²) in [6, 6.07) is 0.427. The van der Waals surface area contributed by atoms with Gasteiger partial charge in [0.15, 0.2) is 0 Å². The summed E-state index contributed by atoms with van der Waals surface area (Å²) in [6.07, 6.45) is 14.0. The molecule has 0 heterocycles. The minimum absolute atomic E-state index is 0.387. The van der Waals surface area contributed by atoms with Gasteiger partial charge in [-0.15, -0.1) is 0 Å². The Bertz CT molecular complexity index is 256. The van der Waals surface area contributed by atoms with Crippen LogP contribution >= 0.6 is 0 Å². The third-order valence-corrected chi connectivity index (χ3v) is 5.70. The van der Waals surface area contributed by atoms with Crippen LogP contribution in [0.15, 0.2) is 0 Å². The summed E-state index contributed by atoms with van der Waals surface area (Å²) in [6.45, 7) is 0.990. The zero-order valence-corrected chi connectivity index (χ0v) is 11.0. The lowest BCUT2D eigenvalue weighted by molar-refractivity contribution is -0.145. The molecule has 3 saturated carbocycles. The quantitative estimate of drug-likeness (QED) is 0.814. The Morgan fingerprint density at radius 3 is 2.41 bits per heavy atom. The second-order valence-corrected chi connectivity index (χ2v) is 6.58. The molecule has 2 atom stereocenters. The minimum Gasteiger partial charge on any atom is -0.378 e. The molecule has 0 amide bonds. The van der Waals surface area contributed by atoms with E-state index in [0.29, 0.717) is 17.6 Å². The van der Waals surface area contributed by atoms with Crippen molar-refractivity contribution in [3.05, 3.63) is 0 Å². The van der Waals surface area contributed by atoms with E-state index in [-0.39, 0.29) is 0 Å². The third kappa shape index (κ3) is 2.15. The zero-order valence-electron chi connectivity index (χ0n) is 11.0. The highest BCUT2D eigenvalue weighted by atomic mass is 16.5. The summed E-state index contributed by atoms with van der Waals surface area (Å²) in [5.41, 5.74) is 6.65. The van der Waals surface area contributed by atoms with Crippen LogP contribution in [0.25, 0.3) is 0 Å². The van der Waals surface area contributed by atoms with Crippen molar-refractivity contribution >= 4 is 0 Å². The highest BCUT2D eigenvalue weighted by Crippen LogP contribution is 2.52. The maximum atomic E-state index is 6.27. The molecule has 2 heteroatoms. The molecule has 3 aliphatic rings. The van der Waals surface area contributed by atoms with Crippen molar-refractivity contribution in [1.29, 1.82) is 0 Å². The molecule has 2 N–H and O–H groups in total. The van der Waals surface area contributed by atoms with E-state index in [1.165, 1.54) is 57.8 Å². The highest BCUT2D eigenvalue weighted by Gasteiger charge is 2.53. The summed E-state index contributed by atoms with van der Waals surface area (Å²) in [5, 5.41) is 0. The van der Waals surface area contributed by atoms with Crippen LogP contribution < -0.4 is 5.73 Å². The van der Waals surface area contributed by atoms with E-state index in [9.17, 15) is 0 Å². The number of ether oxygens (including phenoxy) is 1. The first-order valence-electron chi connectivity index (χ1n) is 7.68. The topological polar surface area (TPSA) is 35.2 Å². The van der Waals surface area contributed by atoms with Gasteiger partial charge < -0.3 is 10.5 Å². The summed E-state index contributed by atoms with van der Waals surface area (Å²) < 4.78 is 6.17. The average Bonchev–Trinajstić information content (AvgIpc) is 2.32. The predicted molar refractivity (Wildman–Crippen MR) is 69.8 cm³/mol. The van der Waals surface area contributed by atoms with E-state index in [4.69, 9.17) is 10.5 Å². The predicted octanol–water partition coefficient (Wildman–Crippen LogP) is 3.24. The first-order valence-corrected chi connectivity index (χ1v) is 7.68. The van der Waals surface area contributed by atoms with Crippen LogP contribution in [0.1, 0.15) is 64.2 Å². The smallest absolute Gasteiger partial charge is 0.0661 e. The average molecular weight is 237 g/mol. The molecule has 3 aliphatic carbocycles. The van der Waals surface area contributed by atoms with Gasteiger partial charge in [0.05, 0.1) is 6.10 Å². The minimum atomic E-state index is 0.387. The fourth-order valence-corrected chi connectivity index (χ4v) is 4.07. The van der Waals surface area contributed by atoms with Crippen LogP contribution in [0.5, 0.6) is 0 Å². The van der Waals surface area contributed by atoms with Crippen LogP contribution in [0.4, 0.5) is 0 Å². The van der Waals surface area contributed by atoms with Gasteiger partial charge in [-0.2, -0.15) is 0 Å². The van der Waals surface area contributed by atoms with Crippen molar-refractivity contribution in [2.75, 3.05) is 6.61 Å². The summed E-state index contributed by atoms with van der Waals surface area (Å²) in [5.74, 6) is 0.978.